The minimum Gasteiger partial charge on any atom is -0.305 e. The van der Waals surface area contributed by atoms with Crippen molar-refractivity contribution in [3.8, 4) is 21.6 Å². The van der Waals surface area contributed by atoms with E-state index in [2.05, 4.69) is 29.4 Å². The second-order valence-electron chi connectivity index (χ2n) is 6.45. The van der Waals surface area contributed by atoms with Crippen LogP contribution in [0.4, 0.5) is 0 Å². The standard InChI is InChI=1S/C22H15N3OS2/c26-21-20-17(18-9-5-11-27-18)14-28-22(20)24-19(23-21)13-25-10-4-8-16(12-25)15-6-2-1-3-7-15/h1-12,14H,13H2/p+1. The van der Waals surface area contributed by atoms with Crippen molar-refractivity contribution < 1.29 is 4.57 Å². The van der Waals surface area contributed by atoms with Crippen LogP contribution in [0.1, 0.15) is 5.82 Å². The van der Waals surface area contributed by atoms with E-state index in [1.807, 2.05) is 57.9 Å². The molecule has 6 heteroatoms. The predicted octanol–water partition coefficient (Wildman–Crippen LogP) is 4.72. The molecule has 5 aromatic rings. The van der Waals surface area contributed by atoms with Gasteiger partial charge in [0.25, 0.3) is 5.56 Å². The molecule has 28 heavy (non-hydrogen) atoms. The van der Waals surface area contributed by atoms with Gasteiger partial charge in [-0.1, -0.05) is 36.4 Å². The van der Waals surface area contributed by atoms with Gasteiger partial charge in [-0.3, -0.25) is 4.79 Å². The minimum atomic E-state index is -0.0792. The Balaban J connectivity index is 1.50. The molecule has 0 aliphatic rings. The maximum atomic E-state index is 12.8. The van der Waals surface area contributed by atoms with Gasteiger partial charge in [0.15, 0.2) is 18.2 Å². The summed E-state index contributed by atoms with van der Waals surface area (Å²) in [6.45, 7) is 0.512. The fraction of sp³-hybridized carbons (Fsp3) is 0.0455. The molecule has 0 saturated carbocycles. The number of nitrogens with zero attached hydrogens (tertiary/aromatic N) is 2. The van der Waals surface area contributed by atoms with Crippen LogP contribution in [0.3, 0.4) is 0 Å². The van der Waals surface area contributed by atoms with Gasteiger partial charge in [-0.2, -0.15) is 4.57 Å². The monoisotopic (exact) mass is 402 g/mol. The van der Waals surface area contributed by atoms with Crippen molar-refractivity contribution >= 4 is 32.9 Å². The first-order chi connectivity index (χ1) is 13.8. The summed E-state index contributed by atoms with van der Waals surface area (Å²) >= 11 is 3.15. The van der Waals surface area contributed by atoms with Crippen LogP contribution in [0.15, 0.2) is 82.5 Å². The highest BCUT2D eigenvalue weighted by atomic mass is 32.1. The summed E-state index contributed by atoms with van der Waals surface area (Å²) in [5.74, 6) is 0.660. The van der Waals surface area contributed by atoms with E-state index in [0.29, 0.717) is 17.8 Å². The van der Waals surface area contributed by atoms with Crippen LogP contribution in [-0.2, 0) is 6.54 Å². The van der Waals surface area contributed by atoms with Gasteiger partial charge in [0, 0.05) is 27.5 Å². The van der Waals surface area contributed by atoms with Crippen molar-refractivity contribution in [3.63, 3.8) is 0 Å². The highest BCUT2D eigenvalue weighted by Crippen LogP contribution is 2.33. The van der Waals surface area contributed by atoms with E-state index in [9.17, 15) is 4.79 Å². The van der Waals surface area contributed by atoms with Gasteiger partial charge in [-0.05, 0) is 23.1 Å². The van der Waals surface area contributed by atoms with E-state index >= 15 is 0 Å². The first-order valence-electron chi connectivity index (χ1n) is 8.87. The normalized spacial score (nSPS) is 11.1. The molecule has 4 heterocycles. The van der Waals surface area contributed by atoms with E-state index in [0.717, 1.165) is 26.4 Å². The number of thiophene rings is 2. The minimum absolute atomic E-state index is 0.0792. The fourth-order valence-electron chi connectivity index (χ4n) is 3.28. The Hall–Kier alpha value is -3.09. The van der Waals surface area contributed by atoms with Crippen LogP contribution in [0.25, 0.3) is 31.8 Å². The lowest BCUT2D eigenvalue weighted by atomic mass is 10.1. The molecule has 0 amide bonds. The molecule has 0 spiro atoms. The zero-order valence-electron chi connectivity index (χ0n) is 14.8. The van der Waals surface area contributed by atoms with Crippen molar-refractivity contribution in [1.29, 1.82) is 0 Å². The van der Waals surface area contributed by atoms with Crippen molar-refractivity contribution in [2.45, 2.75) is 6.54 Å². The summed E-state index contributed by atoms with van der Waals surface area (Å²) in [5, 5.41) is 4.72. The Morgan fingerprint density at radius 3 is 2.64 bits per heavy atom. The Bertz CT molecular complexity index is 1300. The Kier molecular flexibility index (Phi) is 4.35. The summed E-state index contributed by atoms with van der Waals surface area (Å²) in [7, 11) is 0. The first kappa shape index (κ1) is 17.0. The number of hydrogen-bond acceptors (Lipinski definition) is 4. The van der Waals surface area contributed by atoms with Crippen LogP contribution in [0, 0.1) is 0 Å². The number of nitrogens with one attached hydrogen (secondary N) is 1. The van der Waals surface area contributed by atoms with E-state index in [4.69, 9.17) is 4.98 Å². The highest BCUT2D eigenvalue weighted by Gasteiger charge is 2.15. The summed E-state index contributed by atoms with van der Waals surface area (Å²) in [6, 6.07) is 18.4. The number of aromatic amines is 1. The lowest BCUT2D eigenvalue weighted by Gasteiger charge is -2.02. The average Bonchev–Trinajstić information content (AvgIpc) is 3.38. The average molecular weight is 403 g/mol. The number of fused-ring (bicyclic) bond motifs is 1. The van der Waals surface area contributed by atoms with Gasteiger partial charge in [0.2, 0.25) is 6.54 Å². The first-order valence-corrected chi connectivity index (χ1v) is 10.6. The maximum absolute atomic E-state index is 12.8. The predicted molar refractivity (Wildman–Crippen MR) is 115 cm³/mol. The van der Waals surface area contributed by atoms with Crippen LogP contribution < -0.4 is 10.1 Å². The SMILES string of the molecule is O=c1[nH]c(C[n+]2cccc(-c3ccccc3)c2)nc2scc(-c3cccs3)c12. The van der Waals surface area contributed by atoms with E-state index in [1.165, 1.54) is 11.3 Å². The largest absolute Gasteiger partial charge is 0.305 e. The smallest absolute Gasteiger partial charge is 0.260 e. The number of hydrogen-bond donors (Lipinski definition) is 1. The van der Waals surface area contributed by atoms with Gasteiger partial charge < -0.3 is 4.98 Å². The molecular weight excluding hydrogens is 386 g/mol. The molecule has 0 bridgehead atoms. The molecule has 0 aliphatic carbocycles. The lowest BCUT2D eigenvalue weighted by Crippen LogP contribution is -2.35. The van der Waals surface area contributed by atoms with Gasteiger partial charge in [0.1, 0.15) is 4.83 Å². The third-order valence-corrected chi connectivity index (χ3v) is 6.35. The third-order valence-electron chi connectivity index (χ3n) is 4.58. The molecule has 136 valence electrons. The van der Waals surface area contributed by atoms with Crippen molar-refractivity contribution in [2.75, 3.05) is 0 Å². The van der Waals surface area contributed by atoms with Crippen LogP contribution in [0.5, 0.6) is 0 Å². The number of pyridine rings is 1. The molecule has 4 aromatic heterocycles. The lowest BCUT2D eigenvalue weighted by molar-refractivity contribution is -0.688. The summed E-state index contributed by atoms with van der Waals surface area (Å²) in [6.07, 6.45) is 4.06. The molecule has 0 atom stereocenters. The molecular formula is C22H16N3OS2+. The Labute approximate surface area is 169 Å². The molecule has 4 nitrogen and oxygen atoms in total. The fourth-order valence-corrected chi connectivity index (χ4v) is 5.06. The maximum Gasteiger partial charge on any atom is 0.260 e. The van der Waals surface area contributed by atoms with E-state index < -0.39 is 0 Å². The highest BCUT2D eigenvalue weighted by molar-refractivity contribution is 7.18. The molecule has 1 N–H and O–H groups in total. The van der Waals surface area contributed by atoms with Crippen molar-refractivity contribution in [1.82, 2.24) is 9.97 Å². The Morgan fingerprint density at radius 2 is 1.82 bits per heavy atom. The van der Waals surface area contributed by atoms with Gasteiger partial charge >= 0.3 is 0 Å². The van der Waals surface area contributed by atoms with Gasteiger partial charge in [-0.15, -0.1) is 22.7 Å². The van der Waals surface area contributed by atoms with Gasteiger partial charge in [0.05, 0.1) is 5.39 Å². The van der Waals surface area contributed by atoms with Crippen LogP contribution in [0.2, 0.25) is 0 Å². The molecule has 0 aliphatic heterocycles. The summed E-state index contributed by atoms with van der Waals surface area (Å²) in [4.78, 5) is 22.3. The molecule has 0 radical (unpaired) electrons. The molecule has 0 unspecified atom stereocenters. The molecule has 5 rings (SSSR count). The summed E-state index contributed by atoms with van der Waals surface area (Å²) in [5.41, 5.74) is 3.17. The summed E-state index contributed by atoms with van der Waals surface area (Å²) < 4.78 is 2.04. The molecule has 0 saturated heterocycles. The number of aromatic nitrogens is 3. The zero-order valence-corrected chi connectivity index (χ0v) is 16.5. The zero-order chi connectivity index (χ0) is 18.9. The van der Waals surface area contributed by atoms with Crippen molar-refractivity contribution in [2.24, 2.45) is 0 Å². The molecule has 0 fully saturated rings. The third kappa shape index (κ3) is 3.17. The van der Waals surface area contributed by atoms with Crippen LogP contribution >= 0.6 is 22.7 Å². The van der Waals surface area contributed by atoms with Crippen LogP contribution in [-0.4, -0.2) is 9.97 Å². The second kappa shape index (κ2) is 7.14. The number of H-pyrrole nitrogens is 1. The van der Waals surface area contributed by atoms with E-state index in [1.54, 1.807) is 11.3 Å². The van der Waals surface area contributed by atoms with E-state index in [-0.39, 0.29) is 5.56 Å². The number of benzene rings is 1. The topological polar surface area (TPSA) is 49.6 Å². The molecule has 1 aromatic carbocycles. The van der Waals surface area contributed by atoms with Gasteiger partial charge in [-0.25, -0.2) is 4.98 Å². The Morgan fingerprint density at radius 1 is 0.964 bits per heavy atom. The van der Waals surface area contributed by atoms with Crippen molar-refractivity contribution in [3.05, 3.63) is 93.9 Å². The quantitative estimate of drug-likeness (QED) is 0.442. The number of rotatable bonds is 4. The second-order valence-corrected chi connectivity index (χ2v) is 8.26.